The maximum atomic E-state index is 13.4. The lowest BCUT2D eigenvalue weighted by Crippen LogP contribution is -2.43. The summed E-state index contributed by atoms with van der Waals surface area (Å²) in [6.45, 7) is 2.53. The van der Waals surface area contributed by atoms with Crippen molar-refractivity contribution in [2.24, 2.45) is 0 Å². The van der Waals surface area contributed by atoms with Crippen molar-refractivity contribution >= 4 is 23.3 Å². The van der Waals surface area contributed by atoms with Crippen molar-refractivity contribution in [2.45, 2.75) is 19.4 Å². The summed E-state index contributed by atoms with van der Waals surface area (Å²) < 4.78 is 11.0. The van der Waals surface area contributed by atoms with E-state index in [2.05, 4.69) is 5.32 Å². The molecule has 0 spiro atoms. The number of hydrogen-bond acceptors (Lipinski definition) is 3. The van der Waals surface area contributed by atoms with Gasteiger partial charge in [-0.25, -0.2) is 4.79 Å². The predicted octanol–water partition coefficient (Wildman–Crippen LogP) is 5.85. The number of nitrogens with one attached hydrogen (secondary N) is 1. The van der Waals surface area contributed by atoms with Gasteiger partial charge >= 0.3 is 6.03 Å². The molecule has 1 aliphatic heterocycles. The van der Waals surface area contributed by atoms with Gasteiger partial charge in [-0.3, -0.25) is 0 Å². The van der Waals surface area contributed by atoms with Crippen LogP contribution in [0.5, 0.6) is 11.5 Å². The van der Waals surface area contributed by atoms with Crippen LogP contribution in [0.3, 0.4) is 0 Å². The van der Waals surface area contributed by atoms with Crippen LogP contribution in [0.4, 0.5) is 10.5 Å². The Kier molecular flexibility index (Phi) is 6.05. The summed E-state index contributed by atoms with van der Waals surface area (Å²) in [6, 6.07) is 18.8. The zero-order valence-electron chi connectivity index (χ0n) is 17.8. The van der Waals surface area contributed by atoms with E-state index in [-0.39, 0.29) is 12.1 Å². The Labute approximate surface area is 187 Å². The number of urea groups is 1. The van der Waals surface area contributed by atoms with Crippen LogP contribution in [0.2, 0.25) is 5.02 Å². The van der Waals surface area contributed by atoms with Crippen molar-refractivity contribution < 1.29 is 14.3 Å². The molecule has 0 saturated carbocycles. The van der Waals surface area contributed by atoms with Crippen LogP contribution in [0, 0.1) is 6.92 Å². The molecule has 1 N–H and O–H groups in total. The number of halogens is 1. The quantitative estimate of drug-likeness (QED) is 0.558. The maximum absolute atomic E-state index is 13.4. The number of hydrogen-bond donors (Lipinski definition) is 1. The molecule has 1 atom stereocenters. The number of benzene rings is 3. The average molecular weight is 437 g/mol. The third-order valence-electron chi connectivity index (χ3n) is 5.72. The smallest absolute Gasteiger partial charge is 0.322 e. The Morgan fingerprint density at radius 1 is 1.00 bits per heavy atom. The van der Waals surface area contributed by atoms with Gasteiger partial charge in [0.25, 0.3) is 0 Å². The summed E-state index contributed by atoms with van der Waals surface area (Å²) in [4.78, 5) is 15.3. The molecule has 2 amide bonds. The number of rotatable bonds is 4. The minimum absolute atomic E-state index is 0.167. The van der Waals surface area contributed by atoms with Crippen LogP contribution in [0.1, 0.15) is 28.3 Å². The Morgan fingerprint density at radius 3 is 2.39 bits per heavy atom. The van der Waals surface area contributed by atoms with E-state index >= 15 is 0 Å². The Bertz CT molecular complexity index is 1120. The second-order valence-corrected chi connectivity index (χ2v) is 7.93. The van der Waals surface area contributed by atoms with Crippen molar-refractivity contribution in [1.82, 2.24) is 4.90 Å². The van der Waals surface area contributed by atoms with E-state index in [1.165, 1.54) is 0 Å². The third-order valence-corrected chi connectivity index (χ3v) is 6.07. The lowest BCUT2D eigenvalue weighted by atomic mass is 9.87. The van der Waals surface area contributed by atoms with Crippen LogP contribution < -0.4 is 14.8 Å². The minimum Gasteiger partial charge on any atom is -0.493 e. The largest absolute Gasteiger partial charge is 0.493 e. The normalized spacial score (nSPS) is 15.2. The molecule has 0 aromatic heterocycles. The van der Waals surface area contributed by atoms with E-state index in [0.717, 1.165) is 27.9 Å². The van der Waals surface area contributed by atoms with Crippen LogP contribution in [-0.2, 0) is 6.42 Å². The molecule has 0 bridgehead atoms. The molecule has 1 aliphatic rings. The van der Waals surface area contributed by atoms with Crippen molar-refractivity contribution in [3.05, 3.63) is 87.9 Å². The van der Waals surface area contributed by atoms with E-state index in [4.69, 9.17) is 21.1 Å². The second kappa shape index (κ2) is 8.90. The number of aryl methyl sites for hydroxylation is 1. The highest BCUT2D eigenvalue weighted by Gasteiger charge is 2.34. The van der Waals surface area contributed by atoms with E-state index in [0.29, 0.717) is 29.5 Å². The fourth-order valence-corrected chi connectivity index (χ4v) is 4.34. The number of anilines is 1. The van der Waals surface area contributed by atoms with Crippen molar-refractivity contribution in [1.29, 1.82) is 0 Å². The van der Waals surface area contributed by atoms with Gasteiger partial charge in [0.05, 0.1) is 20.3 Å². The summed E-state index contributed by atoms with van der Waals surface area (Å²) in [7, 11) is 3.24. The summed E-state index contributed by atoms with van der Waals surface area (Å²) in [5.74, 6) is 1.30. The number of carbonyl (C=O) groups is 1. The second-order valence-electron chi connectivity index (χ2n) is 7.52. The molecule has 1 unspecified atom stereocenters. The Morgan fingerprint density at radius 2 is 1.68 bits per heavy atom. The molecule has 31 heavy (non-hydrogen) atoms. The lowest BCUT2D eigenvalue weighted by Gasteiger charge is -2.38. The molecule has 1 heterocycles. The molecular weight excluding hydrogens is 412 g/mol. The highest BCUT2D eigenvalue weighted by molar-refractivity contribution is 6.31. The van der Waals surface area contributed by atoms with Crippen molar-refractivity contribution in [3.63, 3.8) is 0 Å². The number of ether oxygens (including phenoxy) is 2. The molecule has 0 fully saturated rings. The van der Waals surface area contributed by atoms with E-state index in [1.54, 1.807) is 14.2 Å². The van der Waals surface area contributed by atoms with E-state index in [1.807, 2.05) is 72.5 Å². The fourth-order valence-electron chi connectivity index (χ4n) is 4.10. The number of methoxy groups -OCH3 is 2. The fraction of sp³-hybridized carbons (Fsp3) is 0.240. The molecule has 4 rings (SSSR count). The van der Waals surface area contributed by atoms with Crippen LogP contribution >= 0.6 is 11.6 Å². The predicted molar refractivity (Wildman–Crippen MR) is 123 cm³/mol. The summed E-state index contributed by atoms with van der Waals surface area (Å²) in [6.07, 6.45) is 0.706. The minimum atomic E-state index is -0.346. The first-order valence-electron chi connectivity index (χ1n) is 10.2. The summed E-state index contributed by atoms with van der Waals surface area (Å²) in [5, 5.41) is 3.68. The van der Waals surface area contributed by atoms with Gasteiger partial charge < -0.3 is 19.7 Å². The molecule has 3 aromatic carbocycles. The Balaban J connectivity index is 1.80. The van der Waals surface area contributed by atoms with E-state index in [9.17, 15) is 4.79 Å². The van der Waals surface area contributed by atoms with Gasteiger partial charge in [0.15, 0.2) is 11.5 Å². The third kappa shape index (κ3) is 4.06. The van der Waals surface area contributed by atoms with Gasteiger partial charge in [-0.1, -0.05) is 48.0 Å². The average Bonchev–Trinajstić information content (AvgIpc) is 2.79. The summed E-state index contributed by atoms with van der Waals surface area (Å²) in [5.41, 5.74) is 4.77. The van der Waals surface area contributed by atoms with Gasteiger partial charge in [-0.05, 0) is 59.9 Å². The maximum Gasteiger partial charge on any atom is 0.322 e. The molecule has 160 valence electrons. The topological polar surface area (TPSA) is 50.8 Å². The monoisotopic (exact) mass is 436 g/mol. The van der Waals surface area contributed by atoms with Crippen molar-refractivity contribution in [2.75, 3.05) is 26.1 Å². The van der Waals surface area contributed by atoms with Gasteiger partial charge in [-0.15, -0.1) is 0 Å². The highest BCUT2D eigenvalue weighted by atomic mass is 35.5. The lowest BCUT2D eigenvalue weighted by molar-refractivity contribution is 0.193. The summed E-state index contributed by atoms with van der Waals surface area (Å²) >= 11 is 6.60. The van der Waals surface area contributed by atoms with Gasteiger partial charge in [0, 0.05) is 17.3 Å². The van der Waals surface area contributed by atoms with Gasteiger partial charge in [-0.2, -0.15) is 0 Å². The van der Waals surface area contributed by atoms with Gasteiger partial charge in [0.2, 0.25) is 0 Å². The SMILES string of the molecule is COc1cc2c(cc1OC)C(c1ccccc1Cl)N(C(=O)Nc1ccccc1C)CC2. The highest BCUT2D eigenvalue weighted by Crippen LogP contribution is 2.42. The first-order chi connectivity index (χ1) is 15.0. The molecular formula is C25H25ClN2O3. The Hall–Kier alpha value is -3.18. The molecule has 0 radical (unpaired) electrons. The first-order valence-corrected chi connectivity index (χ1v) is 10.5. The van der Waals surface area contributed by atoms with Crippen molar-refractivity contribution in [3.8, 4) is 11.5 Å². The number of fused-ring (bicyclic) bond motifs is 1. The zero-order valence-corrected chi connectivity index (χ0v) is 18.6. The number of carbonyl (C=O) groups excluding carboxylic acids is 1. The van der Waals surface area contributed by atoms with Crippen LogP contribution in [0.25, 0.3) is 0 Å². The molecule has 6 heteroatoms. The van der Waals surface area contributed by atoms with Gasteiger partial charge in [0.1, 0.15) is 0 Å². The number of nitrogens with zero attached hydrogens (tertiary/aromatic N) is 1. The molecule has 0 aliphatic carbocycles. The standard InChI is InChI=1S/C25H25ClN2O3/c1-16-8-4-7-11-21(16)27-25(29)28-13-12-17-14-22(30-2)23(31-3)15-19(17)24(28)18-9-5-6-10-20(18)26/h4-11,14-15,24H,12-13H2,1-3H3,(H,27,29). The number of amides is 2. The van der Waals surface area contributed by atoms with E-state index < -0.39 is 0 Å². The molecule has 5 nitrogen and oxygen atoms in total. The molecule has 0 saturated heterocycles. The number of para-hydroxylation sites is 1. The molecule has 3 aromatic rings. The van der Waals surface area contributed by atoms with Crippen LogP contribution in [-0.4, -0.2) is 31.7 Å². The first kappa shape index (κ1) is 21.1. The van der Waals surface area contributed by atoms with Crippen LogP contribution in [0.15, 0.2) is 60.7 Å². The zero-order chi connectivity index (χ0) is 22.0.